The lowest BCUT2D eigenvalue weighted by Crippen LogP contribution is -2.42. The fourth-order valence-corrected chi connectivity index (χ4v) is 5.25. The Labute approximate surface area is 240 Å². The molecule has 1 amide bonds. The number of anilines is 2. The summed E-state index contributed by atoms with van der Waals surface area (Å²) < 4.78 is 44.0. The molecule has 1 saturated heterocycles. The Bertz CT molecular complexity index is 1410. The summed E-state index contributed by atoms with van der Waals surface area (Å²) >= 11 is 0. The average Bonchev–Trinajstić information content (AvgIpc) is 2.93. The van der Waals surface area contributed by atoms with Crippen molar-refractivity contribution in [3.63, 3.8) is 0 Å². The maximum atomic E-state index is 13.6. The zero-order valence-corrected chi connectivity index (χ0v) is 24.0. The Morgan fingerprint density at radius 2 is 1.62 bits per heavy atom. The minimum absolute atomic E-state index is 0. The van der Waals surface area contributed by atoms with E-state index >= 15 is 0 Å². The minimum atomic E-state index is -3.43. The molecule has 0 radical (unpaired) electrons. The van der Waals surface area contributed by atoms with Gasteiger partial charge < -0.3 is 14.5 Å². The summed E-state index contributed by atoms with van der Waals surface area (Å²) in [6, 6.07) is 19.2. The summed E-state index contributed by atoms with van der Waals surface area (Å²) in [5.74, 6) is -0.0368. The van der Waals surface area contributed by atoms with Crippen LogP contribution in [-0.4, -0.2) is 64.6 Å². The van der Waals surface area contributed by atoms with Gasteiger partial charge in [0.25, 0.3) is 5.91 Å². The first-order valence-electron chi connectivity index (χ1n) is 12.7. The molecule has 1 heterocycles. The summed E-state index contributed by atoms with van der Waals surface area (Å²) in [6.45, 7) is 2.44. The maximum Gasteiger partial charge on any atom is 0.258 e. The van der Waals surface area contributed by atoms with E-state index < -0.39 is 10.0 Å². The Morgan fingerprint density at radius 1 is 1.00 bits per heavy atom. The third-order valence-electron chi connectivity index (χ3n) is 6.77. The number of hydrogen-bond donors (Lipinski definition) is 1. The summed E-state index contributed by atoms with van der Waals surface area (Å²) in [5.41, 5.74) is 2.00. The number of likely N-dealkylation sites (tertiary alicyclic amines) is 1. The first kappa shape index (κ1) is 31.1. The van der Waals surface area contributed by atoms with E-state index in [-0.39, 0.29) is 35.8 Å². The number of hydrogen-bond acceptors (Lipinski definition) is 6. The third kappa shape index (κ3) is 8.27. The van der Waals surface area contributed by atoms with Crippen LogP contribution in [0.25, 0.3) is 0 Å². The van der Waals surface area contributed by atoms with Crippen LogP contribution in [0.4, 0.5) is 15.8 Å². The molecule has 0 aromatic heterocycles. The summed E-state index contributed by atoms with van der Waals surface area (Å²) in [4.78, 5) is 30.3. The van der Waals surface area contributed by atoms with Crippen LogP contribution in [0, 0.1) is 11.7 Å². The molecule has 3 aromatic carbocycles. The van der Waals surface area contributed by atoms with Crippen molar-refractivity contribution in [3.05, 3.63) is 89.7 Å². The van der Waals surface area contributed by atoms with Crippen molar-refractivity contribution in [2.24, 2.45) is 5.92 Å². The van der Waals surface area contributed by atoms with Crippen molar-refractivity contribution >= 4 is 45.5 Å². The van der Waals surface area contributed by atoms with Gasteiger partial charge in [-0.05, 0) is 86.6 Å². The smallest absolute Gasteiger partial charge is 0.258 e. The first-order chi connectivity index (χ1) is 18.6. The van der Waals surface area contributed by atoms with E-state index in [1.54, 1.807) is 48.4 Å². The molecule has 0 atom stereocenters. The second-order valence-electron chi connectivity index (χ2n) is 9.60. The molecule has 1 aliphatic rings. The van der Waals surface area contributed by atoms with Crippen LogP contribution in [-0.2, 0) is 10.0 Å². The van der Waals surface area contributed by atoms with Gasteiger partial charge in [-0.25, -0.2) is 12.8 Å². The predicted octanol–water partition coefficient (Wildman–Crippen LogP) is 4.87. The lowest BCUT2D eigenvalue weighted by Gasteiger charge is -2.33. The van der Waals surface area contributed by atoms with Gasteiger partial charge in [-0.3, -0.25) is 14.3 Å². The summed E-state index contributed by atoms with van der Waals surface area (Å²) in [5, 5.41) is 0. The number of carbonyl (C=O) groups excluding carboxylic acids is 2. The van der Waals surface area contributed by atoms with E-state index in [0.717, 1.165) is 6.26 Å². The monoisotopic (exact) mass is 589 g/mol. The fraction of sp³-hybridized carbons (Fsp3) is 0.310. The number of sulfonamides is 1. The van der Waals surface area contributed by atoms with Crippen LogP contribution in [0.5, 0.6) is 5.75 Å². The average molecular weight is 590 g/mol. The number of rotatable bonds is 10. The molecule has 0 bridgehead atoms. The highest BCUT2D eigenvalue weighted by atomic mass is 35.5. The predicted molar refractivity (Wildman–Crippen MR) is 157 cm³/mol. The lowest BCUT2D eigenvalue weighted by molar-refractivity contribution is 0.0841. The van der Waals surface area contributed by atoms with E-state index in [1.807, 2.05) is 12.1 Å². The number of ether oxygens (including phenoxy) is 1. The highest BCUT2D eigenvalue weighted by Crippen LogP contribution is 2.25. The van der Waals surface area contributed by atoms with Gasteiger partial charge in [0, 0.05) is 47.6 Å². The second-order valence-corrected chi connectivity index (χ2v) is 11.3. The number of benzene rings is 3. The topological polar surface area (TPSA) is 96.0 Å². The van der Waals surface area contributed by atoms with Crippen molar-refractivity contribution in [3.8, 4) is 5.75 Å². The van der Waals surface area contributed by atoms with Crippen molar-refractivity contribution in [2.45, 2.75) is 12.8 Å². The Balaban J connectivity index is 0.00000441. The molecule has 1 aliphatic heterocycles. The van der Waals surface area contributed by atoms with Crippen LogP contribution in [0.2, 0.25) is 0 Å². The van der Waals surface area contributed by atoms with Crippen LogP contribution in [0.1, 0.15) is 33.6 Å². The van der Waals surface area contributed by atoms with Gasteiger partial charge in [-0.1, -0.05) is 6.07 Å². The highest BCUT2D eigenvalue weighted by Gasteiger charge is 2.27. The standard InChI is InChI=1S/C29H32FN3O5S.ClH/c1-38-27-5-3-4-26(20-27)33(29(35)23-8-12-25(13-9-23)31-39(2,36)37)19-18-32-16-14-22(15-17-32)28(34)21-6-10-24(30)11-7-21;/h3-13,20,22,31H,14-19H2,1-2H3;1H. The van der Waals surface area contributed by atoms with Gasteiger partial charge in [-0.15, -0.1) is 12.4 Å². The number of amides is 1. The normalized spacial score (nSPS) is 14.2. The molecule has 0 aliphatic carbocycles. The molecule has 3 aromatic rings. The largest absolute Gasteiger partial charge is 0.497 e. The van der Waals surface area contributed by atoms with Gasteiger partial charge in [0.1, 0.15) is 11.6 Å². The van der Waals surface area contributed by atoms with Gasteiger partial charge in [0.2, 0.25) is 10.0 Å². The number of piperidine rings is 1. The molecule has 40 heavy (non-hydrogen) atoms. The van der Waals surface area contributed by atoms with Gasteiger partial charge in [0.05, 0.1) is 13.4 Å². The number of halogens is 2. The van der Waals surface area contributed by atoms with Crippen LogP contribution >= 0.6 is 12.4 Å². The SMILES string of the molecule is COc1cccc(N(CCN2CCC(C(=O)c3ccc(F)cc3)CC2)C(=O)c2ccc(NS(C)(=O)=O)cc2)c1.Cl. The Hall–Kier alpha value is -3.47. The van der Waals surface area contributed by atoms with E-state index in [0.29, 0.717) is 67.3 Å². The molecular formula is C29H33ClFN3O5S. The number of carbonyl (C=O) groups is 2. The summed E-state index contributed by atoms with van der Waals surface area (Å²) in [7, 11) is -1.86. The van der Waals surface area contributed by atoms with Crippen molar-refractivity contribution in [1.82, 2.24) is 4.90 Å². The molecule has 0 spiro atoms. The minimum Gasteiger partial charge on any atom is -0.497 e. The number of nitrogens with zero attached hydrogens (tertiary/aromatic N) is 2. The molecular weight excluding hydrogens is 557 g/mol. The van der Waals surface area contributed by atoms with Crippen molar-refractivity contribution in [1.29, 1.82) is 0 Å². The lowest BCUT2D eigenvalue weighted by atomic mass is 9.89. The third-order valence-corrected chi connectivity index (χ3v) is 7.38. The molecule has 0 saturated carbocycles. The molecule has 4 rings (SSSR count). The summed E-state index contributed by atoms with van der Waals surface area (Å²) in [6.07, 6.45) is 2.45. The van der Waals surface area contributed by atoms with Crippen molar-refractivity contribution < 1.29 is 27.1 Å². The zero-order valence-electron chi connectivity index (χ0n) is 22.4. The second kappa shape index (κ2) is 13.7. The fourth-order valence-electron chi connectivity index (χ4n) is 4.69. The Kier molecular flexibility index (Phi) is 10.7. The van der Waals surface area contributed by atoms with Crippen LogP contribution < -0.4 is 14.4 Å². The van der Waals surface area contributed by atoms with Gasteiger partial charge >= 0.3 is 0 Å². The molecule has 8 nitrogen and oxygen atoms in total. The Morgan fingerprint density at radius 3 is 2.23 bits per heavy atom. The number of nitrogens with one attached hydrogen (secondary N) is 1. The molecule has 11 heteroatoms. The van der Waals surface area contributed by atoms with E-state index in [4.69, 9.17) is 4.74 Å². The molecule has 1 N–H and O–H groups in total. The quantitative estimate of drug-likeness (QED) is 0.339. The maximum absolute atomic E-state index is 13.6. The van der Waals surface area contributed by atoms with Gasteiger partial charge in [-0.2, -0.15) is 0 Å². The molecule has 214 valence electrons. The number of methoxy groups -OCH3 is 1. The van der Waals surface area contributed by atoms with E-state index in [9.17, 15) is 22.4 Å². The number of ketones is 1. The van der Waals surface area contributed by atoms with Gasteiger partial charge in [0.15, 0.2) is 5.78 Å². The molecule has 0 unspecified atom stereocenters. The number of Topliss-reactive ketones (excluding diaryl/α,β-unsaturated/α-hetero) is 1. The zero-order chi connectivity index (χ0) is 28.0. The van der Waals surface area contributed by atoms with Crippen LogP contribution in [0.15, 0.2) is 72.8 Å². The van der Waals surface area contributed by atoms with E-state index in [2.05, 4.69) is 9.62 Å². The van der Waals surface area contributed by atoms with E-state index in [1.165, 1.54) is 24.3 Å². The first-order valence-corrected chi connectivity index (χ1v) is 14.6. The highest BCUT2D eigenvalue weighted by molar-refractivity contribution is 7.92. The molecule has 1 fully saturated rings. The van der Waals surface area contributed by atoms with Crippen LogP contribution in [0.3, 0.4) is 0 Å². The van der Waals surface area contributed by atoms with Crippen molar-refractivity contribution in [2.75, 3.05) is 49.2 Å².